The zero-order chi connectivity index (χ0) is 26.2. The quantitative estimate of drug-likeness (QED) is 0.133. The number of amides is 1. The van der Waals surface area contributed by atoms with E-state index in [4.69, 9.17) is 30.8 Å². The molecular formula is C28H26ClIN2O4S. The maximum atomic E-state index is 13.3. The molecule has 0 unspecified atom stereocenters. The van der Waals surface area contributed by atoms with Crippen molar-refractivity contribution in [2.45, 2.75) is 13.5 Å². The number of aliphatic imine (C=N–C) groups is 1. The Hall–Kier alpha value is -2.53. The van der Waals surface area contributed by atoms with Gasteiger partial charge in [0.25, 0.3) is 5.91 Å². The van der Waals surface area contributed by atoms with Crippen LogP contribution in [-0.2, 0) is 16.1 Å². The first-order valence-electron chi connectivity index (χ1n) is 11.7. The molecule has 4 rings (SSSR count). The lowest BCUT2D eigenvalue weighted by molar-refractivity contribution is -0.122. The summed E-state index contributed by atoms with van der Waals surface area (Å²) in [4.78, 5) is 20.2. The Morgan fingerprint density at radius 1 is 1.11 bits per heavy atom. The van der Waals surface area contributed by atoms with E-state index in [2.05, 4.69) is 22.6 Å². The van der Waals surface area contributed by atoms with Crippen molar-refractivity contribution >= 4 is 68.8 Å². The van der Waals surface area contributed by atoms with E-state index < -0.39 is 0 Å². The number of hydrogen-bond acceptors (Lipinski definition) is 6. The van der Waals surface area contributed by atoms with Crippen molar-refractivity contribution in [3.8, 4) is 11.5 Å². The zero-order valence-corrected chi connectivity index (χ0v) is 24.2. The highest BCUT2D eigenvalue weighted by Gasteiger charge is 2.33. The summed E-state index contributed by atoms with van der Waals surface area (Å²) in [5, 5.41) is 1.01. The number of carbonyl (C=O) groups is 1. The fourth-order valence-corrected chi connectivity index (χ4v) is 5.21. The van der Waals surface area contributed by atoms with E-state index in [1.807, 2.05) is 67.6 Å². The minimum atomic E-state index is -0.131. The standard InChI is InChI=1S/C28H26ClIN2O4S/c1-3-35-14-13-32-27(33)25(37-28(32)31-22-7-5-4-6-8-22)17-20-15-23(29)26(24(16-20)34-2)36-18-19-9-11-21(30)12-10-19/h4-12,15-17H,3,13-14,18H2,1-2H3/b25-17-,31-28?. The lowest BCUT2D eigenvalue weighted by Gasteiger charge is -2.15. The van der Waals surface area contributed by atoms with Crippen LogP contribution in [0, 0.1) is 3.57 Å². The van der Waals surface area contributed by atoms with Crippen molar-refractivity contribution < 1.29 is 19.0 Å². The summed E-state index contributed by atoms with van der Waals surface area (Å²) in [5.41, 5.74) is 2.53. The third-order valence-corrected chi connectivity index (χ3v) is 7.38. The van der Waals surface area contributed by atoms with Gasteiger partial charge in [-0.2, -0.15) is 0 Å². The molecule has 1 aliphatic heterocycles. The van der Waals surface area contributed by atoms with Crippen molar-refractivity contribution in [3.05, 3.63) is 91.4 Å². The van der Waals surface area contributed by atoms with Gasteiger partial charge in [-0.1, -0.05) is 41.9 Å². The number of carbonyl (C=O) groups excluding carboxylic acids is 1. The van der Waals surface area contributed by atoms with Gasteiger partial charge < -0.3 is 14.2 Å². The molecule has 1 amide bonds. The summed E-state index contributed by atoms with van der Waals surface area (Å²) in [5.74, 6) is 0.820. The third-order valence-electron chi connectivity index (χ3n) is 5.38. The number of nitrogens with zero attached hydrogens (tertiary/aromatic N) is 2. The van der Waals surface area contributed by atoms with Crippen molar-refractivity contribution in [1.29, 1.82) is 0 Å². The maximum absolute atomic E-state index is 13.3. The number of hydrogen-bond donors (Lipinski definition) is 0. The van der Waals surface area contributed by atoms with Crippen LogP contribution in [0.3, 0.4) is 0 Å². The normalized spacial score (nSPS) is 15.6. The molecule has 0 bridgehead atoms. The Morgan fingerprint density at radius 3 is 2.57 bits per heavy atom. The van der Waals surface area contributed by atoms with Crippen LogP contribution in [0.2, 0.25) is 5.02 Å². The molecule has 0 aliphatic carbocycles. The highest BCUT2D eigenvalue weighted by Crippen LogP contribution is 2.39. The fraction of sp³-hybridized carbons (Fsp3) is 0.214. The highest BCUT2D eigenvalue weighted by atomic mass is 127. The number of methoxy groups -OCH3 is 1. The summed E-state index contributed by atoms with van der Waals surface area (Å²) in [7, 11) is 1.57. The molecule has 0 spiro atoms. The molecule has 0 radical (unpaired) electrons. The van der Waals surface area contributed by atoms with Crippen LogP contribution >= 0.6 is 46.0 Å². The lowest BCUT2D eigenvalue weighted by atomic mass is 10.1. The average molecular weight is 649 g/mol. The molecule has 0 N–H and O–H groups in total. The first-order chi connectivity index (χ1) is 18.0. The molecule has 1 aliphatic rings. The summed E-state index contributed by atoms with van der Waals surface area (Å²) in [6.45, 7) is 3.71. The predicted octanol–water partition coefficient (Wildman–Crippen LogP) is 7.17. The molecule has 3 aromatic rings. The van der Waals surface area contributed by atoms with Gasteiger partial charge in [-0.05, 0) is 94.9 Å². The van der Waals surface area contributed by atoms with Gasteiger partial charge in [-0.3, -0.25) is 9.69 Å². The molecule has 1 heterocycles. The second-order valence-electron chi connectivity index (χ2n) is 7.94. The van der Waals surface area contributed by atoms with E-state index >= 15 is 0 Å². The smallest absolute Gasteiger partial charge is 0.266 e. The second kappa shape index (κ2) is 13.3. The first-order valence-corrected chi connectivity index (χ1v) is 13.9. The molecule has 6 nitrogen and oxygen atoms in total. The number of ether oxygens (including phenoxy) is 3. The van der Waals surface area contributed by atoms with Crippen molar-refractivity contribution in [2.75, 3.05) is 26.9 Å². The molecule has 0 aromatic heterocycles. The van der Waals surface area contributed by atoms with Gasteiger partial charge in [0.1, 0.15) is 6.61 Å². The number of benzene rings is 3. The van der Waals surface area contributed by atoms with E-state index in [0.29, 0.717) is 53.0 Å². The van der Waals surface area contributed by atoms with Crippen LogP contribution in [0.15, 0.2) is 76.6 Å². The Bertz CT molecular complexity index is 1300. The summed E-state index contributed by atoms with van der Waals surface area (Å²) < 4.78 is 18.2. The van der Waals surface area contributed by atoms with Crippen LogP contribution in [-0.4, -0.2) is 42.8 Å². The Kier molecular flexibility index (Phi) is 9.90. The molecule has 3 aromatic carbocycles. The predicted molar refractivity (Wildman–Crippen MR) is 159 cm³/mol. The Labute approximate surface area is 239 Å². The topological polar surface area (TPSA) is 60.4 Å². The van der Waals surface area contributed by atoms with Gasteiger partial charge in [0, 0.05) is 10.2 Å². The first kappa shape index (κ1) is 27.5. The van der Waals surface area contributed by atoms with Gasteiger partial charge in [-0.25, -0.2) is 4.99 Å². The highest BCUT2D eigenvalue weighted by molar-refractivity contribution is 14.1. The van der Waals surface area contributed by atoms with Crippen LogP contribution in [0.4, 0.5) is 5.69 Å². The molecule has 192 valence electrons. The summed E-state index contributed by atoms with van der Waals surface area (Å²) >= 11 is 10.2. The van der Waals surface area contributed by atoms with Gasteiger partial charge in [-0.15, -0.1) is 0 Å². The van der Waals surface area contributed by atoms with Crippen LogP contribution in [0.1, 0.15) is 18.1 Å². The molecule has 9 heteroatoms. The van der Waals surface area contributed by atoms with Gasteiger partial charge >= 0.3 is 0 Å². The van der Waals surface area contributed by atoms with Crippen molar-refractivity contribution in [1.82, 2.24) is 4.90 Å². The number of thioether (sulfide) groups is 1. The van der Waals surface area contributed by atoms with Crippen molar-refractivity contribution in [2.24, 2.45) is 4.99 Å². The van der Waals surface area contributed by atoms with Gasteiger partial charge in [0.05, 0.1) is 35.9 Å². The van der Waals surface area contributed by atoms with Crippen molar-refractivity contribution in [3.63, 3.8) is 0 Å². The van der Waals surface area contributed by atoms with E-state index in [0.717, 1.165) is 20.4 Å². The van der Waals surface area contributed by atoms with E-state index in [9.17, 15) is 4.79 Å². The molecule has 1 saturated heterocycles. The van der Waals surface area contributed by atoms with E-state index in [1.165, 1.54) is 11.8 Å². The van der Waals surface area contributed by atoms with E-state index in [1.54, 1.807) is 24.2 Å². The fourth-order valence-electron chi connectivity index (χ4n) is 3.55. The zero-order valence-electron chi connectivity index (χ0n) is 20.4. The molecule has 0 saturated carbocycles. The minimum absolute atomic E-state index is 0.131. The SMILES string of the molecule is CCOCCN1C(=O)/C(=C/c2cc(Cl)c(OCc3ccc(I)cc3)c(OC)c2)SC1=Nc1ccccc1. The second-order valence-corrected chi connectivity index (χ2v) is 10.6. The molecular weight excluding hydrogens is 623 g/mol. The number of para-hydroxylation sites is 1. The van der Waals surface area contributed by atoms with Gasteiger partial charge in [0.15, 0.2) is 16.7 Å². The summed E-state index contributed by atoms with van der Waals surface area (Å²) in [6, 6.07) is 21.2. The molecule has 0 atom stereocenters. The number of halogens is 2. The van der Waals surface area contributed by atoms with Gasteiger partial charge in [0.2, 0.25) is 0 Å². The monoisotopic (exact) mass is 648 g/mol. The largest absolute Gasteiger partial charge is 0.493 e. The lowest BCUT2D eigenvalue weighted by Crippen LogP contribution is -2.32. The maximum Gasteiger partial charge on any atom is 0.266 e. The van der Waals surface area contributed by atoms with Crippen LogP contribution < -0.4 is 9.47 Å². The molecule has 37 heavy (non-hydrogen) atoms. The van der Waals surface area contributed by atoms with Crippen LogP contribution in [0.5, 0.6) is 11.5 Å². The molecule has 1 fully saturated rings. The summed E-state index contributed by atoms with van der Waals surface area (Å²) in [6.07, 6.45) is 1.80. The Balaban J connectivity index is 1.58. The average Bonchev–Trinajstić information content (AvgIpc) is 3.18. The minimum Gasteiger partial charge on any atom is -0.493 e. The third kappa shape index (κ3) is 7.28. The number of rotatable bonds is 10. The van der Waals surface area contributed by atoms with Crippen LogP contribution in [0.25, 0.3) is 6.08 Å². The van der Waals surface area contributed by atoms with E-state index in [-0.39, 0.29) is 5.91 Å². The Morgan fingerprint density at radius 2 is 1.86 bits per heavy atom. The number of amidine groups is 1.